The number of aromatic nitrogens is 2. The summed E-state index contributed by atoms with van der Waals surface area (Å²) in [5.74, 6) is 2.39. The highest BCUT2D eigenvalue weighted by Gasteiger charge is 2.09. The van der Waals surface area contributed by atoms with E-state index in [0.717, 1.165) is 29.2 Å². The molecule has 0 N–H and O–H groups in total. The zero-order chi connectivity index (χ0) is 13.9. The highest BCUT2D eigenvalue weighted by molar-refractivity contribution is 8.32. The molecule has 19 heavy (non-hydrogen) atoms. The number of nitrogens with zero attached hydrogens (tertiary/aromatic N) is 2. The van der Waals surface area contributed by atoms with Crippen LogP contribution in [0.5, 0.6) is 0 Å². The van der Waals surface area contributed by atoms with Gasteiger partial charge in [0.15, 0.2) is 0 Å². The Morgan fingerprint density at radius 2 is 2.00 bits per heavy atom. The van der Waals surface area contributed by atoms with Crippen LogP contribution in [0.15, 0.2) is 24.3 Å². The van der Waals surface area contributed by atoms with E-state index in [1.54, 1.807) is 0 Å². The average Bonchev–Trinajstić information content (AvgIpc) is 2.71. The predicted octanol–water partition coefficient (Wildman–Crippen LogP) is 3.44. The molecule has 2 rings (SSSR count). The lowest BCUT2D eigenvalue weighted by molar-refractivity contribution is 0.0908. The van der Waals surface area contributed by atoms with Gasteiger partial charge in [-0.05, 0) is 30.9 Å². The summed E-state index contributed by atoms with van der Waals surface area (Å²) in [6.45, 7) is 1.31. The summed E-state index contributed by atoms with van der Waals surface area (Å²) in [5.41, 5.74) is 2.06. The summed E-state index contributed by atoms with van der Waals surface area (Å²) in [5, 5.41) is 0. The van der Waals surface area contributed by atoms with Crippen LogP contribution in [0.25, 0.3) is 11.0 Å². The first kappa shape index (κ1) is 14.7. The molecular weight excluding hydrogens is 280 g/mol. The Balaban J connectivity index is 2.07. The number of para-hydroxylation sites is 2. The molecule has 0 aliphatic heterocycles. The first-order valence-corrected chi connectivity index (χ1v) is 9.81. The van der Waals surface area contributed by atoms with Crippen LogP contribution in [-0.2, 0) is 17.3 Å². The number of imidazole rings is 1. The molecule has 0 unspecified atom stereocenters. The first-order valence-electron chi connectivity index (χ1n) is 6.25. The molecule has 5 heteroatoms. The molecule has 0 saturated heterocycles. The van der Waals surface area contributed by atoms with E-state index in [1.807, 2.05) is 18.2 Å². The lowest BCUT2D eigenvalue weighted by Gasteiger charge is -2.24. The monoisotopic (exact) mass is 300 g/mol. The number of ether oxygens (including phenoxy) is 1. The fourth-order valence-corrected chi connectivity index (χ4v) is 2.66. The van der Waals surface area contributed by atoms with Gasteiger partial charge in [-0.2, -0.15) is 0 Å². The van der Waals surface area contributed by atoms with Gasteiger partial charge in [-0.15, -0.1) is 11.6 Å². The number of rotatable bonds is 6. The number of alkyl halides is 1. The van der Waals surface area contributed by atoms with E-state index in [4.69, 9.17) is 16.3 Å². The molecule has 0 bridgehead atoms. The van der Waals surface area contributed by atoms with Gasteiger partial charge in [0.1, 0.15) is 12.6 Å². The van der Waals surface area contributed by atoms with Crippen LogP contribution in [0.2, 0.25) is 0 Å². The Morgan fingerprint density at radius 1 is 1.26 bits per heavy atom. The second kappa shape index (κ2) is 6.16. The quantitative estimate of drug-likeness (QED) is 0.603. The van der Waals surface area contributed by atoms with Crippen molar-refractivity contribution in [3.05, 3.63) is 30.1 Å². The Kier molecular flexibility index (Phi) is 4.76. The van der Waals surface area contributed by atoms with Gasteiger partial charge in [0.05, 0.1) is 23.5 Å². The maximum absolute atomic E-state index is 5.95. The van der Waals surface area contributed by atoms with Crippen LogP contribution in [0.1, 0.15) is 5.82 Å². The molecular formula is C14H21ClN2OS. The van der Waals surface area contributed by atoms with Crippen molar-refractivity contribution in [2.24, 2.45) is 0 Å². The maximum atomic E-state index is 5.95. The van der Waals surface area contributed by atoms with Gasteiger partial charge in [-0.25, -0.2) is 15.0 Å². The Morgan fingerprint density at radius 3 is 2.68 bits per heavy atom. The molecule has 0 fully saturated rings. The van der Waals surface area contributed by atoms with E-state index in [-0.39, 0.29) is 0 Å². The number of hydrogen-bond donors (Lipinski definition) is 0. The number of benzene rings is 1. The zero-order valence-electron chi connectivity index (χ0n) is 11.7. The van der Waals surface area contributed by atoms with E-state index in [0.29, 0.717) is 12.6 Å². The van der Waals surface area contributed by atoms with Crippen LogP contribution < -0.4 is 0 Å². The van der Waals surface area contributed by atoms with Gasteiger partial charge in [-0.1, -0.05) is 12.1 Å². The van der Waals surface area contributed by atoms with E-state index in [9.17, 15) is 0 Å². The topological polar surface area (TPSA) is 27.1 Å². The van der Waals surface area contributed by atoms with Crippen molar-refractivity contribution in [2.75, 3.05) is 31.1 Å². The van der Waals surface area contributed by atoms with Gasteiger partial charge in [0.25, 0.3) is 0 Å². The fraction of sp³-hybridized carbons (Fsp3) is 0.500. The van der Waals surface area contributed by atoms with Gasteiger partial charge in [0, 0.05) is 5.75 Å². The van der Waals surface area contributed by atoms with Crippen molar-refractivity contribution in [3.63, 3.8) is 0 Å². The van der Waals surface area contributed by atoms with Crippen LogP contribution in [0.3, 0.4) is 0 Å². The van der Waals surface area contributed by atoms with Crippen molar-refractivity contribution in [1.29, 1.82) is 0 Å². The van der Waals surface area contributed by atoms with E-state index in [2.05, 4.69) is 34.4 Å². The van der Waals surface area contributed by atoms with E-state index >= 15 is 0 Å². The summed E-state index contributed by atoms with van der Waals surface area (Å²) < 4.78 is 7.85. The minimum absolute atomic E-state index is 0.405. The van der Waals surface area contributed by atoms with Crippen molar-refractivity contribution in [2.45, 2.75) is 12.6 Å². The highest BCUT2D eigenvalue weighted by Crippen LogP contribution is 2.33. The Hall–Kier alpha value is -0.710. The van der Waals surface area contributed by atoms with Crippen LogP contribution in [-0.4, -0.2) is 40.7 Å². The van der Waals surface area contributed by atoms with Crippen molar-refractivity contribution < 1.29 is 4.74 Å². The molecule has 0 aliphatic rings. The van der Waals surface area contributed by atoms with Crippen LogP contribution in [0.4, 0.5) is 0 Å². The molecule has 1 aromatic carbocycles. The third-order valence-electron chi connectivity index (χ3n) is 2.91. The van der Waals surface area contributed by atoms with Gasteiger partial charge in [0.2, 0.25) is 0 Å². The Labute approximate surface area is 121 Å². The first-order chi connectivity index (χ1) is 9.01. The molecule has 2 aromatic rings. The lowest BCUT2D eigenvalue weighted by atomic mass is 10.3. The Bertz CT molecular complexity index is 548. The molecule has 0 amide bonds. The van der Waals surface area contributed by atoms with E-state index in [1.165, 1.54) is 0 Å². The SMILES string of the molecule is CS(C)(C)CCOCn1c(CCl)nc2ccccc21. The van der Waals surface area contributed by atoms with Gasteiger partial charge >= 0.3 is 0 Å². The van der Waals surface area contributed by atoms with Crippen LogP contribution >= 0.6 is 21.6 Å². The molecule has 0 atom stereocenters. The van der Waals surface area contributed by atoms with Crippen LogP contribution in [0, 0.1) is 0 Å². The normalized spacial score (nSPS) is 13.1. The maximum Gasteiger partial charge on any atom is 0.126 e. The third kappa shape index (κ3) is 3.88. The van der Waals surface area contributed by atoms with Gasteiger partial charge in [-0.3, -0.25) is 0 Å². The standard InChI is InChI=1S/C14H21ClN2OS/c1-19(2,3)9-8-18-11-17-13-7-5-4-6-12(13)16-14(17)10-15/h4-7H,8-11H2,1-3H3. The molecule has 0 aliphatic carbocycles. The molecule has 1 aromatic heterocycles. The average molecular weight is 301 g/mol. The summed E-state index contributed by atoms with van der Waals surface area (Å²) in [7, 11) is -0.499. The van der Waals surface area contributed by atoms with Gasteiger partial charge < -0.3 is 9.30 Å². The largest absolute Gasteiger partial charge is 0.360 e. The second-order valence-electron chi connectivity index (χ2n) is 5.41. The molecule has 1 heterocycles. The minimum atomic E-state index is -0.499. The molecule has 106 valence electrons. The summed E-state index contributed by atoms with van der Waals surface area (Å²) >= 11 is 5.95. The summed E-state index contributed by atoms with van der Waals surface area (Å²) in [4.78, 5) is 4.51. The predicted molar refractivity (Wildman–Crippen MR) is 85.5 cm³/mol. The van der Waals surface area contributed by atoms with Crippen molar-refractivity contribution >= 4 is 32.7 Å². The van der Waals surface area contributed by atoms with E-state index < -0.39 is 10.0 Å². The fourth-order valence-electron chi connectivity index (χ4n) is 1.84. The zero-order valence-corrected chi connectivity index (χ0v) is 13.3. The summed E-state index contributed by atoms with van der Waals surface area (Å²) in [6, 6.07) is 8.05. The minimum Gasteiger partial charge on any atom is -0.360 e. The third-order valence-corrected chi connectivity index (χ3v) is 4.54. The molecule has 0 saturated carbocycles. The second-order valence-corrected chi connectivity index (χ2v) is 10.3. The molecule has 0 radical (unpaired) electrons. The molecule has 0 spiro atoms. The highest BCUT2D eigenvalue weighted by atomic mass is 35.5. The smallest absolute Gasteiger partial charge is 0.126 e. The summed E-state index contributed by atoms with van der Waals surface area (Å²) in [6.07, 6.45) is 6.90. The number of hydrogen-bond acceptors (Lipinski definition) is 2. The van der Waals surface area contributed by atoms with Crippen molar-refractivity contribution in [3.8, 4) is 0 Å². The molecule has 3 nitrogen and oxygen atoms in total. The number of fused-ring (bicyclic) bond motifs is 1. The lowest BCUT2D eigenvalue weighted by Crippen LogP contribution is -2.11. The number of halogens is 1. The van der Waals surface area contributed by atoms with Crippen molar-refractivity contribution in [1.82, 2.24) is 9.55 Å².